The minimum atomic E-state index is -0.446. The number of hydrogen-bond donors (Lipinski definition) is 3. The van der Waals surface area contributed by atoms with Gasteiger partial charge >= 0.3 is 0 Å². The Labute approximate surface area is 190 Å². The van der Waals surface area contributed by atoms with Crippen LogP contribution in [0.15, 0.2) is 59.1 Å². The number of carbonyl (C=O) groups excluding carboxylic acids is 2. The SMILES string of the molecule is CC(C)(C)c1ccc(OCC(=O)NNC(=S)NC(=O)/C=C/c2ccccc2)c(Br)c1. The first-order chi connectivity index (χ1) is 14.1. The molecule has 2 aromatic rings. The normalized spacial score (nSPS) is 11.1. The zero-order chi connectivity index (χ0) is 22.1. The van der Waals surface area contributed by atoms with Crippen molar-refractivity contribution in [2.24, 2.45) is 0 Å². The Morgan fingerprint density at radius 3 is 2.43 bits per heavy atom. The summed E-state index contributed by atoms with van der Waals surface area (Å²) in [6.07, 6.45) is 3.01. The molecule has 0 aromatic heterocycles. The summed E-state index contributed by atoms with van der Waals surface area (Å²) in [7, 11) is 0. The lowest BCUT2D eigenvalue weighted by molar-refractivity contribution is -0.123. The van der Waals surface area contributed by atoms with Crippen molar-refractivity contribution in [3.63, 3.8) is 0 Å². The van der Waals surface area contributed by atoms with Gasteiger partial charge in [-0.1, -0.05) is 57.2 Å². The van der Waals surface area contributed by atoms with Crippen LogP contribution in [0.1, 0.15) is 31.9 Å². The molecule has 0 saturated carbocycles. The van der Waals surface area contributed by atoms with Crippen LogP contribution in [-0.2, 0) is 15.0 Å². The first-order valence-electron chi connectivity index (χ1n) is 9.21. The van der Waals surface area contributed by atoms with Crippen LogP contribution in [0.5, 0.6) is 5.75 Å². The number of carbonyl (C=O) groups is 2. The van der Waals surface area contributed by atoms with Crippen LogP contribution < -0.4 is 20.9 Å². The molecule has 0 atom stereocenters. The van der Waals surface area contributed by atoms with E-state index in [1.54, 1.807) is 6.08 Å². The van der Waals surface area contributed by atoms with Crippen molar-refractivity contribution in [2.75, 3.05) is 6.61 Å². The second kappa shape index (κ2) is 10.9. The Balaban J connectivity index is 1.74. The van der Waals surface area contributed by atoms with Gasteiger partial charge in [-0.05, 0) is 62.9 Å². The standard InChI is InChI=1S/C22H24BrN3O3S/c1-22(2,3)16-10-11-18(17(23)13-16)29-14-20(28)25-26-21(30)24-19(27)12-9-15-7-5-4-6-8-15/h4-13H,14H2,1-3H3,(H,25,28)(H2,24,26,27,30)/b12-9+. The van der Waals surface area contributed by atoms with Crippen molar-refractivity contribution in [1.29, 1.82) is 0 Å². The van der Waals surface area contributed by atoms with Gasteiger partial charge in [0.25, 0.3) is 5.91 Å². The third-order valence-electron chi connectivity index (χ3n) is 3.94. The van der Waals surface area contributed by atoms with E-state index < -0.39 is 11.8 Å². The van der Waals surface area contributed by atoms with Crippen LogP contribution in [0.4, 0.5) is 0 Å². The zero-order valence-electron chi connectivity index (χ0n) is 17.0. The van der Waals surface area contributed by atoms with Crippen LogP contribution in [-0.4, -0.2) is 23.5 Å². The van der Waals surface area contributed by atoms with Gasteiger partial charge in [-0.15, -0.1) is 0 Å². The molecule has 8 heteroatoms. The Kier molecular flexibility index (Phi) is 8.56. The predicted molar refractivity (Wildman–Crippen MR) is 126 cm³/mol. The molecule has 0 spiro atoms. The van der Waals surface area contributed by atoms with Crippen LogP contribution in [0.3, 0.4) is 0 Å². The van der Waals surface area contributed by atoms with E-state index in [-0.39, 0.29) is 17.1 Å². The summed E-state index contributed by atoms with van der Waals surface area (Å²) >= 11 is 8.45. The van der Waals surface area contributed by atoms with Crippen molar-refractivity contribution in [3.8, 4) is 5.75 Å². The van der Waals surface area contributed by atoms with Crippen molar-refractivity contribution in [1.82, 2.24) is 16.2 Å². The van der Waals surface area contributed by atoms with Crippen molar-refractivity contribution in [2.45, 2.75) is 26.2 Å². The van der Waals surface area contributed by atoms with Gasteiger partial charge in [-0.3, -0.25) is 25.8 Å². The minimum Gasteiger partial charge on any atom is -0.483 e. The average molecular weight is 490 g/mol. The fourth-order valence-electron chi connectivity index (χ4n) is 2.31. The molecule has 0 aliphatic carbocycles. The van der Waals surface area contributed by atoms with E-state index in [0.29, 0.717) is 5.75 Å². The molecule has 0 heterocycles. The second-order valence-electron chi connectivity index (χ2n) is 7.42. The summed E-state index contributed by atoms with van der Waals surface area (Å²) in [4.78, 5) is 23.8. The van der Waals surface area contributed by atoms with E-state index in [4.69, 9.17) is 17.0 Å². The largest absolute Gasteiger partial charge is 0.483 e. The third kappa shape index (κ3) is 7.96. The highest BCUT2D eigenvalue weighted by Gasteiger charge is 2.15. The first kappa shape index (κ1) is 23.6. The molecule has 0 aliphatic heterocycles. The van der Waals surface area contributed by atoms with Gasteiger partial charge in [0.1, 0.15) is 5.75 Å². The van der Waals surface area contributed by atoms with Crippen molar-refractivity contribution in [3.05, 3.63) is 70.2 Å². The van der Waals surface area contributed by atoms with E-state index in [1.807, 2.05) is 48.5 Å². The number of thiocarbonyl (C=S) groups is 1. The molecule has 158 valence electrons. The summed E-state index contributed by atoms with van der Waals surface area (Å²) in [5.74, 6) is -0.303. The molecule has 0 saturated heterocycles. The van der Waals surface area contributed by atoms with E-state index in [1.165, 1.54) is 6.08 Å². The molecule has 0 aliphatic rings. The topological polar surface area (TPSA) is 79.5 Å². The quantitative estimate of drug-likeness (QED) is 0.337. The van der Waals surface area contributed by atoms with Crippen molar-refractivity contribution < 1.29 is 14.3 Å². The Morgan fingerprint density at radius 2 is 1.80 bits per heavy atom. The number of benzene rings is 2. The van der Waals surface area contributed by atoms with Crippen LogP contribution in [0, 0.1) is 0 Å². The summed E-state index contributed by atoms with van der Waals surface area (Å²) in [5, 5.41) is 2.41. The molecular weight excluding hydrogens is 466 g/mol. The van der Waals surface area contributed by atoms with Gasteiger partial charge in [0.2, 0.25) is 5.91 Å². The van der Waals surface area contributed by atoms with E-state index in [2.05, 4.69) is 52.9 Å². The number of amides is 2. The molecule has 0 unspecified atom stereocenters. The smallest absolute Gasteiger partial charge is 0.276 e. The Bertz CT molecular complexity index is 940. The van der Waals surface area contributed by atoms with Gasteiger partial charge in [-0.2, -0.15) is 0 Å². The number of ether oxygens (including phenoxy) is 1. The maximum atomic E-state index is 12.0. The van der Waals surface area contributed by atoms with Gasteiger partial charge in [0.05, 0.1) is 4.47 Å². The molecule has 30 heavy (non-hydrogen) atoms. The summed E-state index contributed by atoms with van der Waals surface area (Å²) in [6.45, 7) is 6.14. The highest BCUT2D eigenvalue weighted by atomic mass is 79.9. The van der Waals surface area contributed by atoms with Gasteiger partial charge in [0, 0.05) is 6.08 Å². The van der Waals surface area contributed by atoms with Crippen molar-refractivity contribution >= 4 is 51.2 Å². The lowest BCUT2D eigenvalue weighted by Gasteiger charge is -2.20. The fraction of sp³-hybridized carbons (Fsp3) is 0.227. The maximum Gasteiger partial charge on any atom is 0.276 e. The zero-order valence-corrected chi connectivity index (χ0v) is 19.4. The van der Waals surface area contributed by atoms with Crippen LogP contribution in [0.25, 0.3) is 6.08 Å². The van der Waals surface area contributed by atoms with E-state index in [9.17, 15) is 9.59 Å². The molecular formula is C22H24BrN3O3S. The van der Waals surface area contributed by atoms with E-state index >= 15 is 0 Å². The lowest BCUT2D eigenvalue weighted by Crippen LogP contribution is -2.49. The minimum absolute atomic E-state index is 0.0127. The van der Waals surface area contributed by atoms with Gasteiger partial charge in [0.15, 0.2) is 11.7 Å². The van der Waals surface area contributed by atoms with Crippen LogP contribution in [0.2, 0.25) is 0 Å². The monoisotopic (exact) mass is 489 g/mol. The first-order valence-corrected chi connectivity index (χ1v) is 10.4. The lowest BCUT2D eigenvalue weighted by atomic mass is 9.87. The Morgan fingerprint density at radius 1 is 1.10 bits per heavy atom. The molecule has 2 aromatic carbocycles. The molecule has 0 fully saturated rings. The molecule has 3 N–H and O–H groups in total. The number of hydrogen-bond acceptors (Lipinski definition) is 4. The number of halogens is 1. The predicted octanol–water partition coefficient (Wildman–Crippen LogP) is 3.86. The second-order valence-corrected chi connectivity index (χ2v) is 8.68. The molecule has 0 bridgehead atoms. The molecule has 6 nitrogen and oxygen atoms in total. The summed E-state index contributed by atoms with van der Waals surface area (Å²) in [6, 6.07) is 15.1. The highest BCUT2D eigenvalue weighted by Crippen LogP contribution is 2.31. The van der Waals surface area contributed by atoms with Crippen LogP contribution >= 0.6 is 28.1 Å². The van der Waals surface area contributed by atoms with E-state index in [0.717, 1.165) is 15.6 Å². The third-order valence-corrected chi connectivity index (χ3v) is 4.76. The van der Waals surface area contributed by atoms with Gasteiger partial charge < -0.3 is 4.74 Å². The van der Waals surface area contributed by atoms with Gasteiger partial charge in [-0.25, -0.2) is 0 Å². The Hall–Kier alpha value is -2.71. The number of hydrazine groups is 1. The maximum absolute atomic E-state index is 12.0. The molecule has 0 radical (unpaired) electrons. The number of rotatable bonds is 5. The summed E-state index contributed by atoms with van der Waals surface area (Å²) < 4.78 is 6.29. The molecule has 2 rings (SSSR count). The average Bonchev–Trinajstić information content (AvgIpc) is 2.70. The highest BCUT2D eigenvalue weighted by molar-refractivity contribution is 9.10. The molecule has 2 amide bonds. The number of nitrogens with one attached hydrogen (secondary N) is 3. The summed E-state index contributed by atoms with van der Waals surface area (Å²) in [5.41, 5.74) is 6.89. The fourth-order valence-corrected chi connectivity index (χ4v) is 2.96.